The highest BCUT2D eigenvalue weighted by Crippen LogP contribution is 2.49. The van der Waals surface area contributed by atoms with Crippen molar-refractivity contribution in [1.82, 2.24) is 4.90 Å². The van der Waals surface area contributed by atoms with Crippen LogP contribution in [0.2, 0.25) is 0 Å². The Balaban J connectivity index is 1.48. The number of carbonyl (C=O) groups is 2. The van der Waals surface area contributed by atoms with Gasteiger partial charge < -0.3 is 10.2 Å². The minimum Gasteiger partial charge on any atom is -0.336 e. The average molecular weight is 379 g/mol. The van der Waals surface area contributed by atoms with Gasteiger partial charge in [0, 0.05) is 17.9 Å². The van der Waals surface area contributed by atoms with Gasteiger partial charge in [-0.25, -0.2) is 0 Å². The van der Waals surface area contributed by atoms with Crippen molar-refractivity contribution in [3.63, 3.8) is 0 Å². The van der Waals surface area contributed by atoms with E-state index in [1.807, 2.05) is 24.3 Å². The van der Waals surface area contributed by atoms with Gasteiger partial charge in [-0.05, 0) is 65.1 Å². The summed E-state index contributed by atoms with van der Waals surface area (Å²) in [5, 5.41) is 2.84. The van der Waals surface area contributed by atoms with E-state index >= 15 is 0 Å². The van der Waals surface area contributed by atoms with Crippen LogP contribution in [-0.2, 0) is 9.59 Å². The molecule has 3 rings (SSSR count). The summed E-state index contributed by atoms with van der Waals surface area (Å²) in [6, 6.07) is 7.47. The van der Waals surface area contributed by atoms with Crippen LogP contribution in [0.15, 0.2) is 28.7 Å². The van der Waals surface area contributed by atoms with Gasteiger partial charge >= 0.3 is 0 Å². The Morgan fingerprint density at radius 3 is 2.70 bits per heavy atom. The lowest BCUT2D eigenvalue weighted by molar-refractivity contribution is -0.134. The molecule has 2 aliphatic carbocycles. The summed E-state index contributed by atoms with van der Waals surface area (Å²) in [5.41, 5.74) is 0.728. The number of anilines is 1. The standard InChI is InChI=1S/C18H23BrN2O2/c1-21(11-17(22)20-16-5-3-2-4-15(16)19)18(23)10-14-9-12-6-7-13(14)8-12/h2-5,12-14H,6-11H2,1H3,(H,20,22). The SMILES string of the molecule is CN(CC(=O)Nc1ccccc1Br)C(=O)CC1CC2CCC1C2. The molecule has 3 atom stereocenters. The van der Waals surface area contributed by atoms with Gasteiger partial charge in [0.15, 0.2) is 0 Å². The number of amides is 2. The number of halogens is 1. The zero-order valence-corrected chi connectivity index (χ0v) is 15.0. The van der Waals surface area contributed by atoms with Gasteiger partial charge in [0.1, 0.15) is 0 Å². The van der Waals surface area contributed by atoms with Crippen molar-refractivity contribution in [2.75, 3.05) is 18.9 Å². The molecule has 0 heterocycles. The van der Waals surface area contributed by atoms with E-state index in [0.29, 0.717) is 12.3 Å². The highest BCUT2D eigenvalue weighted by atomic mass is 79.9. The minimum atomic E-state index is -0.166. The number of hydrogen-bond donors (Lipinski definition) is 1. The van der Waals surface area contributed by atoms with Crippen molar-refractivity contribution in [2.24, 2.45) is 17.8 Å². The molecule has 2 bridgehead atoms. The third-order valence-corrected chi connectivity index (χ3v) is 5.97. The summed E-state index contributed by atoms with van der Waals surface area (Å²) >= 11 is 3.40. The first-order valence-corrected chi connectivity index (χ1v) is 9.10. The van der Waals surface area contributed by atoms with E-state index in [-0.39, 0.29) is 18.4 Å². The molecule has 4 nitrogen and oxygen atoms in total. The summed E-state index contributed by atoms with van der Waals surface area (Å²) in [6.07, 6.45) is 5.74. The molecule has 0 saturated heterocycles. The lowest BCUT2D eigenvalue weighted by Gasteiger charge is -2.24. The number of carbonyl (C=O) groups excluding carboxylic acids is 2. The molecule has 2 aliphatic rings. The maximum absolute atomic E-state index is 12.4. The van der Waals surface area contributed by atoms with Crippen LogP contribution in [0.1, 0.15) is 32.1 Å². The fourth-order valence-corrected chi connectivity index (χ4v) is 4.45. The number of nitrogens with zero attached hydrogens (tertiary/aromatic N) is 1. The first-order chi connectivity index (χ1) is 11.0. The molecule has 1 aromatic carbocycles. The lowest BCUT2D eigenvalue weighted by atomic mass is 9.86. The highest BCUT2D eigenvalue weighted by molar-refractivity contribution is 9.10. The van der Waals surface area contributed by atoms with Gasteiger partial charge in [-0.1, -0.05) is 18.6 Å². The topological polar surface area (TPSA) is 49.4 Å². The molecule has 124 valence electrons. The Bertz CT molecular complexity index is 604. The van der Waals surface area contributed by atoms with Gasteiger partial charge in [0.2, 0.25) is 11.8 Å². The molecule has 0 radical (unpaired) electrons. The number of likely N-dealkylation sites (N-methyl/N-ethyl adjacent to an activating group) is 1. The first-order valence-electron chi connectivity index (χ1n) is 8.31. The van der Waals surface area contributed by atoms with E-state index in [4.69, 9.17) is 0 Å². The van der Waals surface area contributed by atoms with Crippen LogP contribution in [0.4, 0.5) is 5.69 Å². The van der Waals surface area contributed by atoms with Crippen LogP contribution in [0.3, 0.4) is 0 Å². The first kappa shape index (κ1) is 16.5. The van der Waals surface area contributed by atoms with E-state index in [2.05, 4.69) is 21.2 Å². The van der Waals surface area contributed by atoms with E-state index in [9.17, 15) is 9.59 Å². The van der Waals surface area contributed by atoms with Crippen LogP contribution < -0.4 is 5.32 Å². The number of benzene rings is 1. The molecule has 23 heavy (non-hydrogen) atoms. The molecule has 3 unspecified atom stereocenters. The van der Waals surface area contributed by atoms with Gasteiger partial charge in [-0.2, -0.15) is 0 Å². The summed E-state index contributed by atoms with van der Waals surface area (Å²) < 4.78 is 0.837. The van der Waals surface area contributed by atoms with E-state index in [1.54, 1.807) is 11.9 Å². The van der Waals surface area contributed by atoms with Crippen molar-refractivity contribution in [3.8, 4) is 0 Å². The smallest absolute Gasteiger partial charge is 0.244 e. The molecule has 0 aliphatic heterocycles. The largest absolute Gasteiger partial charge is 0.336 e. The fourth-order valence-electron chi connectivity index (χ4n) is 4.06. The highest BCUT2D eigenvalue weighted by Gasteiger charge is 2.40. The quantitative estimate of drug-likeness (QED) is 0.849. The lowest BCUT2D eigenvalue weighted by Crippen LogP contribution is -2.36. The summed E-state index contributed by atoms with van der Waals surface area (Å²) in [5.74, 6) is 2.05. The molecule has 5 heteroatoms. The van der Waals surface area contributed by atoms with Crippen molar-refractivity contribution in [1.29, 1.82) is 0 Å². The van der Waals surface area contributed by atoms with Gasteiger partial charge in [-0.3, -0.25) is 9.59 Å². The zero-order chi connectivity index (χ0) is 16.4. The molecule has 0 aromatic heterocycles. The number of fused-ring (bicyclic) bond motifs is 2. The Kier molecular flexibility index (Phi) is 5.05. The van der Waals surface area contributed by atoms with Gasteiger partial charge in [-0.15, -0.1) is 0 Å². The third-order valence-electron chi connectivity index (χ3n) is 5.28. The summed E-state index contributed by atoms with van der Waals surface area (Å²) in [4.78, 5) is 26.0. The Morgan fingerprint density at radius 1 is 1.26 bits per heavy atom. The van der Waals surface area contributed by atoms with Crippen LogP contribution in [0.5, 0.6) is 0 Å². The zero-order valence-electron chi connectivity index (χ0n) is 13.4. The van der Waals surface area contributed by atoms with Gasteiger partial charge in [0.05, 0.1) is 12.2 Å². The second-order valence-electron chi connectivity index (χ2n) is 6.92. The van der Waals surface area contributed by atoms with Crippen molar-refractivity contribution in [2.45, 2.75) is 32.1 Å². The van der Waals surface area contributed by atoms with Crippen molar-refractivity contribution >= 4 is 33.4 Å². The second-order valence-corrected chi connectivity index (χ2v) is 7.77. The third kappa shape index (κ3) is 3.94. The minimum absolute atomic E-state index is 0.0878. The number of para-hydroxylation sites is 1. The van der Waals surface area contributed by atoms with Gasteiger partial charge in [0.25, 0.3) is 0 Å². The average Bonchev–Trinajstić information content (AvgIpc) is 3.12. The number of hydrogen-bond acceptors (Lipinski definition) is 2. The van der Waals surface area contributed by atoms with Crippen LogP contribution >= 0.6 is 15.9 Å². The molecule has 1 aromatic rings. The maximum Gasteiger partial charge on any atom is 0.244 e. The Hall–Kier alpha value is -1.36. The molecule has 0 spiro atoms. The second kappa shape index (κ2) is 7.04. The van der Waals surface area contributed by atoms with E-state index in [0.717, 1.165) is 22.0 Å². The number of nitrogens with one attached hydrogen (secondary N) is 1. The van der Waals surface area contributed by atoms with E-state index in [1.165, 1.54) is 25.7 Å². The summed E-state index contributed by atoms with van der Waals surface area (Å²) in [7, 11) is 1.72. The molecule has 1 N–H and O–H groups in total. The number of rotatable bonds is 5. The summed E-state index contributed by atoms with van der Waals surface area (Å²) in [6.45, 7) is 0.0982. The maximum atomic E-state index is 12.4. The van der Waals surface area contributed by atoms with Crippen LogP contribution in [-0.4, -0.2) is 30.3 Å². The fraction of sp³-hybridized carbons (Fsp3) is 0.556. The van der Waals surface area contributed by atoms with Crippen LogP contribution in [0, 0.1) is 17.8 Å². The Labute approximate surface area is 145 Å². The molecular formula is C18H23BrN2O2. The molecule has 2 fully saturated rings. The van der Waals surface area contributed by atoms with Crippen LogP contribution in [0.25, 0.3) is 0 Å². The predicted molar refractivity (Wildman–Crippen MR) is 94.0 cm³/mol. The molecular weight excluding hydrogens is 356 g/mol. The van der Waals surface area contributed by atoms with E-state index < -0.39 is 0 Å². The monoisotopic (exact) mass is 378 g/mol. The van der Waals surface area contributed by atoms with Crippen molar-refractivity contribution in [3.05, 3.63) is 28.7 Å². The molecule has 2 saturated carbocycles. The molecule has 2 amide bonds. The predicted octanol–water partition coefficient (Wildman–Crippen LogP) is 3.67. The van der Waals surface area contributed by atoms with Crippen molar-refractivity contribution < 1.29 is 9.59 Å². The normalized spacial score (nSPS) is 25.4. The Morgan fingerprint density at radius 2 is 2.04 bits per heavy atom.